The zero-order valence-corrected chi connectivity index (χ0v) is 28.7. The van der Waals surface area contributed by atoms with E-state index in [-0.39, 0.29) is 36.6 Å². The molecule has 4 aromatic rings. The molecule has 0 aliphatic rings. The fraction of sp³-hybridized carbons (Fsp3) is 0.303. The number of hydrogen-bond acceptors (Lipinski definition) is 6. The van der Waals surface area contributed by atoms with Gasteiger partial charge in [-0.25, -0.2) is 0 Å². The molecule has 0 fully saturated rings. The van der Waals surface area contributed by atoms with Crippen LogP contribution in [0.25, 0.3) is 0 Å². The first-order valence-corrected chi connectivity index (χ1v) is 16.1. The zero-order valence-electron chi connectivity index (χ0n) is 27.9. The topological polar surface area (TPSA) is 199 Å². The van der Waals surface area contributed by atoms with Crippen LogP contribution in [0, 0.1) is 0 Å². The Morgan fingerprint density at radius 1 is 0.735 bits per heavy atom. The number of nitrogens with zero attached hydrogens (tertiary/aromatic N) is 5. The van der Waals surface area contributed by atoms with Crippen molar-refractivity contribution < 1.29 is 19.2 Å². The third kappa shape index (κ3) is 9.44. The minimum atomic E-state index is -0.442. The van der Waals surface area contributed by atoms with E-state index in [4.69, 9.17) is 23.1 Å². The van der Waals surface area contributed by atoms with Gasteiger partial charge in [0.25, 0.3) is 23.6 Å². The molecular formula is C33H42ClN11O4. The number of aryl methyl sites for hydroxylation is 3. The van der Waals surface area contributed by atoms with E-state index in [0.717, 1.165) is 18.7 Å². The predicted octanol–water partition coefficient (Wildman–Crippen LogP) is 2.92. The Morgan fingerprint density at radius 3 is 1.65 bits per heavy atom. The Bertz CT molecular complexity index is 1830. The lowest BCUT2D eigenvalue weighted by Crippen LogP contribution is -2.29. The Balaban J connectivity index is 1.36. The van der Waals surface area contributed by atoms with Crippen molar-refractivity contribution in [2.24, 2.45) is 37.6 Å². The maximum Gasteiger partial charge on any atom is 0.272 e. The average molecular weight is 692 g/mol. The van der Waals surface area contributed by atoms with Gasteiger partial charge in [0.1, 0.15) is 17.1 Å². The molecule has 0 unspecified atom stereocenters. The monoisotopic (exact) mass is 691 g/mol. The van der Waals surface area contributed by atoms with Crippen molar-refractivity contribution in [1.29, 1.82) is 0 Å². The van der Waals surface area contributed by atoms with E-state index in [1.165, 1.54) is 6.07 Å². The molecule has 4 rings (SSSR count). The number of benzene rings is 1. The summed E-state index contributed by atoms with van der Waals surface area (Å²) in [5.41, 5.74) is 14.2. The molecule has 16 heteroatoms. The van der Waals surface area contributed by atoms with Crippen molar-refractivity contribution in [2.45, 2.75) is 13.3 Å². The molecule has 1 aromatic carbocycles. The molecule has 3 aromatic heterocycles. The summed E-state index contributed by atoms with van der Waals surface area (Å²) in [6.07, 6.45) is 5.84. The largest absolute Gasteiger partial charge is 0.370 e. The molecule has 0 spiro atoms. The second-order valence-electron chi connectivity index (χ2n) is 11.3. The molecule has 0 radical (unpaired) electrons. The number of nitrogens with one attached hydrogen (secondary N) is 4. The summed E-state index contributed by atoms with van der Waals surface area (Å²) in [6.45, 7) is 4.16. The maximum absolute atomic E-state index is 13.2. The Hall–Kier alpha value is -5.70. The molecule has 0 atom stereocenters. The van der Waals surface area contributed by atoms with Gasteiger partial charge in [-0.1, -0.05) is 6.92 Å². The molecule has 8 N–H and O–H groups in total. The number of nitrogens with two attached hydrogens (primary N) is 2. The van der Waals surface area contributed by atoms with Crippen LogP contribution < -0.4 is 37.6 Å². The molecular weight excluding hydrogens is 650 g/mol. The average Bonchev–Trinajstić information content (AvgIpc) is 3.74. The number of carbonyl (C=O) groups is 4. The molecule has 260 valence electrons. The van der Waals surface area contributed by atoms with Crippen LogP contribution >= 0.6 is 11.6 Å². The first-order chi connectivity index (χ1) is 23.4. The Labute approximate surface area is 289 Å². The molecule has 0 aliphatic carbocycles. The lowest BCUT2D eigenvalue weighted by molar-refractivity contribution is 0.0944. The summed E-state index contributed by atoms with van der Waals surface area (Å²) in [5.74, 6) is -1.09. The SMILES string of the molecule is CCCN(CCCl)c1ccc(C(=O)Nc2cc(C(=O)Nc3cc(C(=O)Nc4cc(C(=O)NCCN=C(N)N)n(C)c4)n(C)c3)n(C)c2)cc1. The molecule has 0 bridgehead atoms. The third-order valence-electron chi connectivity index (χ3n) is 7.52. The number of carbonyl (C=O) groups excluding carboxylic acids is 4. The first kappa shape index (κ1) is 36.1. The standard InChI is InChI=1S/C33H42ClN11O4/c1-5-13-45(14-10-34)25-8-6-21(7-9-25)29(46)39-22-16-27(43(3)18-22)31(48)41-24-17-28(44(4)20-24)32(49)40-23-15-26(42(2)19-23)30(47)37-11-12-38-33(35)36/h6-9,15-20H,5,10-14H2,1-4H3,(H,37,47)(H,39,46)(H,40,49)(H,41,48)(H4,35,36,38). The second kappa shape index (κ2) is 16.4. The van der Waals surface area contributed by atoms with Gasteiger partial charge in [0.15, 0.2) is 5.96 Å². The smallest absolute Gasteiger partial charge is 0.272 e. The molecule has 15 nitrogen and oxygen atoms in total. The van der Waals surface area contributed by atoms with Gasteiger partial charge < -0.3 is 51.3 Å². The minimum Gasteiger partial charge on any atom is -0.370 e. The lowest BCUT2D eigenvalue weighted by Gasteiger charge is -2.23. The zero-order chi connectivity index (χ0) is 35.7. The highest BCUT2D eigenvalue weighted by Gasteiger charge is 2.19. The number of rotatable bonds is 15. The number of aliphatic imine (C=N–C) groups is 1. The van der Waals surface area contributed by atoms with Crippen LogP contribution in [0.4, 0.5) is 22.7 Å². The molecule has 4 amide bonds. The van der Waals surface area contributed by atoms with Gasteiger partial charge >= 0.3 is 0 Å². The number of aromatic nitrogens is 3. The van der Waals surface area contributed by atoms with Crippen molar-refractivity contribution in [1.82, 2.24) is 19.0 Å². The number of alkyl halides is 1. The summed E-state index contributed by atoms with van der Waals surface area (Å²) in [5, 5.41) is 11.1. The fourth-order valence-electron chi connectivity index (χ4n) is 5.18. The van der Waals surface area contributed by atoms with Crippen LogP contribution in [0.15, 0.2) is 66.0 Å². The van der Waals surface area contributed by atoms with Gasteiger partial charge in [0, 0.05) is 76.5 Å². The third-order valence-corrected chi connectivity index (χ3v) is 7.69. The summed E-state index contributed by atoms with van der Waals surface area (Å²) < 4.78 is 4.76. The van der Waals surface area contributed by atoms with E-state index in [0.29, 0.717) is 46.4 Å². The molecule has 3 heterocycles. The first-order valence-electron chi connectivity index (χ1n) is 15.6. The van der Waals surface area contributed by atoms with E-state index >= 15 is 0 Å². The maximum atomic E-state index is 13.2. The van der Waals surface area contributed by atoms with Crippen molar-refractivity contribution in [3.63, 3.8) is 0 Å². The van der Waals surface area contributed by atoms with E-state index < -0.39 is 11.8 Å². The summed E-state index contributed by atoms with van der Waals surface area (Å²) in [7, 11) is 5.05. The minimum absolute atomic E-state index is 0.0624. The van der Waals surface area contributed by atoms with Crippen molar-refractivity contribution in [3.05, 3.63) is 83.7 Å². The Morgan fingerprint density at radius 2 is 1.20 bits per heavy atom. The van der Waals surface area contributed by atoms with Gasteiger partial charge in [0.05, 0.1) is 23.6 Å². The van der Waals surface area contributed by atoms with E-state index in [2.05, 4.69) is 38.1 Å². The van der Waals surface area contributed by atoms with E-state index in [1.54, 1.807) is 77.7 Å². The highest BCUT2D eigenvalue weighted by atomic mass is 35.5. The Kier molecular flexibility index (Phi) is 12.1. The summed E-state index contributed by atoms with van der Waals surface area (Å²) in [6, 6.07) is 12.0. The van der Waals surface area contributed by atoms with Crippen molar-refractivity contribution >= 4 is 63.9 Å². The lowest BCUT2D eigenvalue weighted by atomic mass is 10.1. The number of guanidine groups is 1. The number of anilines is 4. The number of hydrogen-bond donors (Lipinski definition) is 6. The van der Waals surface area contributed by atoms with Crippen LogP contribution in [0.3, 0.4) is 0 Å². The van der Waals surface area contributed by atoms with E-state index in [1.807, 2.05) is 12.1 Å². The van der Waals surface area contributed by atoms with Gasteiger partial charge in [-0.15, -0.1) is 11.6 Å². The van der Waals surface area contributed by atoms with E-state index in [9.17, 15) is 19.2 Å². The highest BCUT2D eigenvalue weighted by molar-refractivity contribution is 6.18. The van der Waals surface area contributed by atoms with Crippen LogP contribution in [-0.2, 0) is 21.1 Å². The van der Waals surface area contributed by atoms with Gasteiger partial charge in [-0.05, 0) is 48.9 Å². The molecule has 49 heavy (non-hydrogen) atoms. The highest BCUT2D eigenvalue weighted by Crippen LogP contribution is 2.21. The fourth-order valence-corrected chi connectivity index (χ4v) is 5.38. The summed E-state index contributed by atoms with van der Waals surface area (Å²) >= 11 is 5.95. The second-order valence-corrected chi connectivity index (χ2v) is 11.7. The quantitative estimate of drug-likeness (QED) is 0.0476. The molecule has 0 saturated carbocycles. The van der Waals surface area contributed by atoms with Crippen LogP contribution in [-0.4, -0.2) is 75.3 Å². The predicted molar refractivity (Wildman–Crippen MR) is 193 cm³/mol. The number of amides is 4. The van der Waals surface area contributed by atoms with Crippen LogP contribution in [0.2, 0.25) is 0 Å². The molecule has 0 saturated heterocycles. The van der Waals surface area contributed by atoms with Gasteiger partial charge in [0.2, 0.25) is 0 Å². The van der Waals surface area contributed by atoms with Crippen molar-refractivity contribution in [2.75, 3.05) is 52.9 Å². The normalized spacial score (nSPS) is 10.7. The van der Waals surface area contributed by atoms with Gasteiger partial charge in [-0.2, -0.15) is 0 Å². The number of halogens is 1. The van der Waals surface area contributed by atoms with Crippen molar-refractivity contribution in [3.8, 4) is 0 Å². The van der Waals surface area contributed by atoms with Gasteiger partial charge in [-0.3, -0.25) is 24.2 Å². The van der Waals surface area contributed by atoms with Crippen LogP contribution in [0.1, 0.15) is 55.2 Å². The molecule has 0 aliphatic heterocycles. The van der Waals surface area contributed by atoms with Crippen LogP contribution in [0.5, 0.6) is 0 Å². The summed E-state index contributed by atoms with van der Waals surface area (Å²) in [4.78, 5) is 57.8.